The summed E-state index contributed by atoms with van der Waals surface area (Å²) >= 11 is 0. The van der Waals surface area contributed by atoms with Gasteiger partial charge in [0.2, 0.25) is 0 Å². The number of fused-ring (bicyclic) bond motifs is 1. The molecule has 2 aromatic carbocycles. The van der Waals surface area contributed by atoms with Crippen LogP contribution in [0.15, 0.2) is 65.5 Å². The van der Waals surface area contributed by atoms with E-state index in [1.807, 2.05) is 31.2 Å². The van der Waals surface area contributed by atoms with E-state index >= 15 is 0 Å². The van der Waals surface area contributed by atoms with E-state index in [0.29, 0.717) is 23.5 Å². The molecule has 0 radical (unpaired) electrons. The molecule has 4 rings (SSSR count). The Kier molecular flexibility index (Phi) is 6.46. The largest absolute Gasteiger partial charge is 0.496 e. The van der Waals surface area contributed by atoms with Crippen molar-refractivity contribution in [2.45, 2.75) is 45.3 Å². The number of rotatable bonds is 6. The third-order valence-corrected chi connectivity index (χ3v) is 5.71. The van der Waals surface area contributed by atoms with Crippen molar-refractivity contribution in [2.75, 3.05) is 0 Å². The number of nitrogens with one attached hydrogen (secondary N) is 1. The number of hydrogen-bond donors (Lipinski definition) is 1. The fourth-order valence-corrected chi connectivity index (χ4v) is 3.87. The van der Waals surface area contributed by atoms with E-state index in [-0.39, 0.29) is 23.7 Å². The molecule has 2 unspecified atom stereocenters. The first-order valence-corrected chi connectivity index (χ1v) is 10.6. The van der Waals surface area contributed by atoms with E-state index in [1.54, 1.807) is 24.3 Å². The number of nitrogens with zero attached hydrogens (tertiary/aromatic N) is 1. The summed E-state index contributed by atoms with van der Waals surface area (Å²) in [7, 11) is 0. The van der Waals surface area contributed by atoms with Crippen LogP contribution in [0, 0.1) is 12.8 Å². The van der Waals surface area contributed by atoms with Gasteiger partial charge in [-0.2, -0.15) is 5.10 Å². The number of hydrazone groups is 1. The van der Waals surface area contributed by atoms with Gasteiger partial charge in [-0.15, -0.1) is 0 Å². The van der Waals surface area contributed by atoms with Crippen molar-refractivity contribution < 1.29 is 19.1 Å². The maximum absolute atomic E-state index is 12.6. The molecular formula is C25H26N2O4. The van der Waals surface area contributed by atoms with E-state index in [2.05, 4.69) is 10.5 Å². The highest BCUT2D eigenvalue weighted by molar-refractivity contribution is 6.14. The van der Waals surface area contributed by atoms with Gasteiger partial charge < -0.3 is 9.47 Å². The number of Topliss-reactive ketones (excluding diaryl/α,β-unsaturated/α-hetero) is 1. The number of ether oxygens (including phenoxy) is 2. The van der Waals surface area contributed by atoms with Crippen LogP contribution in [0.2, 0.25) is 0 Å². The monoisotopic (exact) mass is 418 g/mol. The van der Waals surface area contributed by atoms with Gasteiger partial charge in [-0.3, -0.25) is 9.59 Å². The first-order valence-electron chi connectivity index (χ1n) is 10.6. The summed E-state index contributed by atoms with van der Waals surface area (Å²) in [6.45, 7) is 2.51. The Hall–Kier alpha value is -3.41. The molecule has 2 aliphatic rings. The predicted octanol–water partition coefficient (Wildman–Crippen LogP) is 4.33. The van der Waals surface area contributed by atoms with Gasteiger partial charge in [0.05, 0.1) is 24.0 Å². The zero-order valence-electron chi connectivity index (χ0n) is 17.5. The molecule has 1 aliphatic carbocycles. The Morgan fingerprint density at radius 1 is 1.13 bits per heavy atom. The molecule has 1 N–H and O–H groups in total. The van der Waals surface area contributed by atoms with Gasteiger partial charge in [0.25, 0.3) is 5.91 Å². The summed E-state index contributed by atoms with van der Waals surface area (Å²) < 4.78 is 11.4. The Morgan fingerprint density at radius 2 is 1.87 bits per heavy atom. The van der Waals surface area contributed by atoms with Crippen LogP contribution in [0.1, 0.15) is 47.2 Å². The van der Waals surface area contributed by atoms with Crippen LogP contribution in [0.25, 0.3) is 0 Å². The summed E-state index contributed by atoms with van der Waals surface area (Å²) in [5.74, 6) is 0.270. The molecule has 0 bridgehead atoms. The summed E-state index contributed by atoms with van der Waals surface area (Å²) in [5, 5.41) is 3.94. The molecule has 0 aromatic heterocycles. The van der Waals surface area contributed by atoms with E-state index in [9.17, 15) is 9.59 Å². The second-order valence-electron chi connectivity index (χ2n) is 8.00. The Bertz CT molecular complexity index is 993. The zero-order chi connectivity index (χ0) is 21.6. The van der Waals surface area contributed by atoms with Crippen LogP contribution < -0.4 is 10.2 Å². The van der Waals surface area contributed by atoms with Crippen molar-refractivity contribution in [2.24, 2.45) is 11.0 Å². The first kappa shape index (κ1) is 20.8. The predicted molar refractivity (Wildman–Crippen MR) is 118 cm³/mol. The van der Waals surface area contributed by atoms with Crippen molar-refractivity contribution >= 4 is 17.9 Å². The summed E-state index contributed by atoms with van der Waals surface area (Å²) in [4.78, 5) is 24.9. The van der Waals surface area contributed by atoms with Crippen LogP contribution >= 0.6 is 0 Å². The number of carbonyl (C=O) groups is 2. The number of hydrogen-bond acceptors (Lipinski definition) is 5. The molecule has 31 heavy (non-hydrogen) atoms. The van der Waals surface area contributed by atoms with Crippen LogP contribution in [-0.4, -0.2) is 24.0 Å². The molecule has 1 fully saturated rings. The molecule has 160 valence electrons. The lowest BCUT2D eigenvalue weighted by Crippen LogP contribution is -2.37. The fraction of sp³-hybridized carbons (Fsp3) is 0.320. The fourth-order valence-electron chi connectivity index (χ4n) is 3.87. The number of benzene rings is 2. The highest BCUT2D eigenvalue weighted by Gasteiger charge is 2.36. The average molecular weight is 418 g/mol. The van der Waals surface area contributed by atoms with Crippen molar-refractivity contribution in [3.8, 4) is 5.75 Å². The van der Waals surface area contributed by atoms with Crippen molar-refractivity contribution in [1.29, 1.82) is 0 Å². The lowest BCUT2D eigenvalue weighted by atomic mass is 9.80. The van der Waals surface area contributed by atoms with Gasteiger partial charge in [0.15, 0.2) is 5.78 Å². The second kappa shape index (κ2) is 9.60. The number of carbonyl (C=O) groups excluding carboxylic acids is 2. The van der Waals surface area contributed by atoms with Gasteiger partial charge in [-0.25, -0.2) is 5.43 Å². The van der Waals surface area contributed by atoms with E-state index in [1.165, 1.54) is 18.0 Å². The van der Waals surface area contributed by atoms with Crippen LogP contribution in [0.4, 0.5) is 0 Å². The smallest absolute Gasteiger partial charge is 0.271 e. The van der Waals surface area contributed by atoms with E-state index in [4.69, 9.17) is 9.47 Å². The molecule has 0 spiro atoms. The third kappa shape index (κ3) is 5.20. The summed E-state index contributed by atoms with van der Waals surface area (Å²) in [5.41, 5.74) is 5.59. The third-order valence-electron chi connectivity index (χ3n) is 5.71. The standard InChI is InChI=1S/C25H26N2O4/c1-17-6-8-18(9-7-17)15-30-21-12-10-19(11-13-21)25(29)27-26-14-20-16-31-23-5-3-2-4-22(23)24(20)28/h6-14,16,22-23H,2-5,15H2,1H3,(H,27,29)/b26-14+. The van der Waals surface area contributed by atoms with Gasteiger partial charge in [0.1, 0.15) is 18.5 Å². The minimum atomic E-state index is -0.360. The molecule has 2 aromatic rings. The van der Waals surface area contributed by atoms with E-state index < -0.39 is 0 Å². The maximum atomic E-state index is 12.6. The molecule has 6 nitrogen and oxygen atoms in total. The maximum Gasteiger partial charge on any atom is 0.271 e. The number of allylic oxidation sites excluding steroid dienone is 1. The quantitative estimate of drug-likeness (QED) is 0.560. The van der Waals surface area contributed by atoms with E-state index in [0.717, 1.165) is 31.2 Å². The summed E-state index contributed by atoms with van der Waals surface area (Å²) in [6.07, 6.45) is 6.71. The Labute approximate surface area is 181 Å². The molecule has 1 amide bonds. The van der Waals surface area contributed by atoms with Gasteiger partial charge >= 0.3 is 0 Å². The molecule has 2 atom stereocenters. The summed E-state index contributed by atoms with van der Waals surface area (Å²) in [6, 6.07) is 15.0. The highest BCUT2D eigenvalue weighted by Crippen LogP contribution is 2.32. The van der Waals surface area contributed by atoms with Crippen molar-refractivity contribution in [3.63, 3.8) is 0 Å². The minimum Gasteiger partial charge on any atom is -0.496 e. The number of aryl methyl sites for hydroxylation is 1. The lowest BCUT2D eigenvalue weighted by molar-refractivity contribution is -0.126. The van der Waals surface area contributed by atoms with Gasteiger partial charge in [-0.05, 0) is 56.0 Å². The second-order valence-corrected chi connectivity index (χ2v) is 8.00. The minimum absolute atomic E-state index is 0.0141. The molecule has 6 heteroatoms. The van der Waals surface area contributed by atoms with Crippen LogP contribution in [0.3, 0.4) is 0 Å². The molecule has 1 aliphatic heterocycles. The highest BCUT2D eigenvalue weighted by atomic mass is 16.5. The lowest BCUT2D eigenvalue weighted by Gasteiger charge is -2.33. The van der Waals surface area contributed by atoms with Gasteiger partial charge in [0, 0.05) is 5.56 Å². The SMILES string of the molecule is Cc1ccc(COc2ccc(C(=O)N/N=C/C3=COC4CCCCC4C3=O)cc2)cc1. The van der Waals surface area contributed by atoms with Crippen LogP contribution in [0.5, 0.6) is 5.75 Å². The Balaban J connectivity index is 1.29. The zero-order valence-corrected chi connectivity index (χ0v) is 17.5. The molecule has 1 heterocycles. The topological polar surface area (TPSA) is 77.0 Å². The van der Waals surface area contributed by atoms with Crippen molar-refractivity contribution in [1.82, 2.24) is 5.43 Å². The normalized spacial score (nSPS) is 20.5. The van der Waals surface area contributed by atoms with Crippen LogP contribution in [-0.2, 0) is 16.1 Å². The number of amides is 1. The Morgan fingerprint density at radius 3 is 2.65 bits per heavy atom. The van der Waals surface area contributed by atoms with Crippen molar-refractivity contribution in [3.05, 3.63) is 77.1 Å². The molecular weight excluding hydrogens is 392 g/mol. The molecule has 0 saturated heterocycles. The number of ketones is 1. The first-order chi connectivity index (χ1) is 15.1. The van der Waals surface area contributed by atoms with Gasteiger partial charge in [-0.1, -0.05) is 36.2 Å². The molecule has 1 saturated carbocycles. The average Bonchev–Trinajstić information content (AvgIpc) is 2.80.